The number of hydrogen-bond donors (Lipinski definition) is 3. The maximum Gasteiger partial charge on any atom is 0.263 e. The van der Waals surface area contributed by atoms with Gasteiger partial charge in [-0.3, -0.25) is 14.4 Å². The molecule has 3 N–H and O–H groups in total. The molecule has 10 heteroatoms. The van der Waals surface area contributed by atoms with E-state index < -0.39 is 0 Å². The van der Waals surface area contributed by atoms with E-state index in [-0.39, 0.29) is 22.9 Å². The fraction of sp³-hybridized carbons (Fsp3) is 0.292. The number of rotatable bonds is 11. The number of anilines is 2. The molecule has 0 aliphatic rings. The van der Waals surface area contributed by atoms with Crippen LogP contribution in [0.25, 0.3) is 0 Å². The van der Waals surface area contributed by atoms with Crippen molar-refractivity contribution in [1.82, 2.24) is 19.9 Å². The van der Waals surface area contributed by atoms with E-state index in [0.29, 0.717) is 36.3 Å². The molecule has 0 saturated carbocycles. The Kier molecular flexibility index (Phi) is 9.16. The minimum absolute atomic E-state index is 0.116. The second-order valence-corrected chi connectivity index (χ2v) is 8.13. The van der Waals surface area contributed by atoms with Gasteiger partial charge in [0.25, 0.3) is 11.5 Å². The predicted molar refractivity (Wildman–Crippen MR) is 132 cm³/mol. The number of carbonyl (C=O) groups excluding carboxylic acids is 2. The topological polar surface area (TPSA) is 118 Å². The Morgan fingerprint density at radius 1 is 1.00 bits per heavy atom. The number of benzene rings is 1. The van der Waals surface area contributed by atoms with Crippen LogP contribution in [0.5, 0.6) is 0 Å². The smallest absolute Gasteiger partial charge is 0.263 e. The first-order valence-corrected chi connectivity index (χ1v) is 11.4. The summed E-state index contributed by atoms with van der Waals surface area (Å²) in [6.45, 7) is 2.92. The molecular weight excluding hydrogens is 456 g/mol. The molecule has 2 amide bonds. The number of hydrogen-bond acceptors (Lipinski definition) is 6. The molecule has 0 spiro atoms. The zero-order chi connectivity index (χ0) is 24.3. The average Bonchev–Trinajstić information content (AvgIpc) is 2.79. The summed E-state index contributed by atoms with van der Waals surface area (Å²) >= 11 is 6.01. The van der Waals surface area contributed by atoms with E-state index >= 15 is 0 Å². The van der Waals surface area contributed by atoms with E-state index in [4.69, 9.17) is 11.6 Å². The standard InChI is InChI=1S/C24H27ClN6O3/c1-17(32)30-22-14-21(28-16-29-22)26-10-3-2-4-11-27-23(33)20-9-6-12-31(24(20)34)15-18-7-5-8-19(25)13-18/h5-9,12-14,16H,2-4,10-11,15H2,1H3,(H,27,33)(H2,26,28,29,30,32). The lowest BCUT2D eigenvalue weighted by molar-refractivity contribution is -0.114. The summed E-state index contributed by atoms with van der Waals surface area (Å²) in [5.41, 5.74) is 0.659. The Bertz CT molecular complexity index is 1200. The first-order valence-electron chi connectivity index (χ1n) is 11.0. The van der Waals surface area contributed by atoms with Gasteiger partial charge in [-0.2, -0.15) is 0 Å². The molecule has 0 bridgehead atoms. The van der Waals surface area contributed by atoms with Gasteiger partial charge in [0.05, 0.1) is 6.54 Å². The largest absolute Gasteiger partial charge is 0.370 e. The first kappa shape index (κ1) is 24.9. The van der Waals surface area contributed by atoms with E-state index in [1.807, 2.05) is 12.1 Å². The maximum absolute atomic E-state index is 12.7. The highest BCUT2D eigenvalue weighted by Gasteiger charge is 2.12. The van der Waals surface area contributed by atoms with Gasteiger partial charge in [-0.05, 0) is 49.1 Å². The Morgan fingerprint density at radius 2 is 1.79 bits per heavy atom. The lowest BCUT2D eigenvalue weighted by Gasteiger charge is -2.10. The van der Waals surface area contributed by atoms with Gasteiger partial charge in [-0.1, -0.05) is 23.7 Å². The molecule has 2 aromatic heterocycles. The average molecular weight is 483 g/mol. The highest BCUT2D eigenvalue weighted by atomic mass is 35.5. The van der Waals surface area contributed by atoms with Crippen LogP contribution in [-0.2, 0) is 11.3 Å². The molecule has 1 aromatic carbocycles. The summed E-state index contributed by atoms with van der Waals surface area (Å²) in [5.74, 6) is 0.503. The number of aromatic nitrogens is 3. The number of carbonyl (C=O) groups is 2. The van der Waals surface area contributed by atoms with Gasteiger partial charge >= 0.3 is 0 Å². The third-order valence-corrected chi connectivity index (χ3v) is 5.16. The monoisotopic (exact) mass is 482 g/mol. The van der Waals surface area contributed by atoms with Crippen molar-refractivity contribution in [3.63, 3.8) is 0 Å². The van der Waals surface area contributed by atoms with E-state index in [1.54, 1.807) is 30.5 Å². The summed E-state index contributed by atoms with van der Waals surface area (Å²) in [6, 6.07) is 12.2. The Hall–Kier alpha value is -3.72. The van der Waals surface area contributed by atoms with Crippen LogP contribution in [0.4, 0.5) is 11.6 Å². The summed E-state index contributed by atoms with van der Waals surface area (Å²) in [7, 11) is 0. The van der Waals surface area contributed by atoms with Crippen LogP contribution in [0.2, 0.25) is 5.02 Å². The second-order valence-electron chi connectivity index (χ2n) is 7.70. The van der Waals surface area contributed by atoms with Crippen molar-refractivity contribution >= 4 is 35.1 Å². The molecule has 9 nitrogen and oxygen atoms in total. The summed E-state index contributed by atoms with van der Waals surface area (Å²) in [4.78, 5) is 44.4. The van der Waals surface area contributed by atoms with Crippen molar-refractivity contribution in [1.29, 1.82) is 0 Å². The number of nitrogens with zero attached hydrogens (tertiary/aromatic N) is 3. The summed E-state index contributed by atoms with van der Waals surface area (Å²) in [6.07, 6.45) is 5.56. The molecule has 0 atom stereocenters. The van der Waals surface area contributed by atoms with Crippen molar-refractivity contribution in [2.45, 2.75) is 32.7 Å². The predicted octanol–water partition coefficient (Wildman–Crippen LogP) is 3.31. The third kappa shape index (κ3) is 7.70. The van der Waals surface area contributed by atoms with Crippen molar-refractivity contribution < 1.29 is 9.59 Å². The van der Waals surface area contributed by atoms with Gasteiger partial charge in [0.15, 0.2) is 0 Å². The Morgan fingerprint density at radius 3 is 2.59 bits per heavy atom. The van der Waals surface area contributed by atoms with Crippen LogP contribution in [0.15, 0.2) is 59.8 Å². The molecule has 0 saturated heterocycles. The van der Waals surface area contributed by atoms with Crippen molar-refractivity contribution in [2.75, 3.05) is 23.7 Å². The van der Waals surface area contributed by atoms with Crippen LogP contribution in [-0.4, -0.2) is 39.4 Å². The Labute approximate surface area is 202 Å². The van der Waals surface area contributed by atoms with Crippen LogP contribution in [0, 0.1) is 0 Å². The number of amides is 2. The zero-order valence-corrected chi connectivity index (χ0v) is 19.6. The third-order valence-electron chi connectivity index (χ3n) is 4.92. The number of nitrogens with one attached hydrogen (secondary N) is 3. The molecule has 0 radical (unpaired) electrons. The molecule has 2 heterocycles. The fourth-order valence-corrected chi connectivity index (χ4v) is 3.52. The van der Waals surface area contributed by atoms with Gasteiger partial charge < -0.3 is 20.5 Å². The van der Waals surface area contributed by atoms with Gasteiger partial charge in [0.1, 0.15) is 23.5 Å². The molecule has 0 fully saturated rings. The highest BCUT2D eigenvalue weighted by molar-refractivity contribution is 6.30. The fourth-order valence-electron chi connectivity index (χ4n) is 3.31. The lowest BCUT2D eigenvalue weighted by Crippen LogP contribution is -2.33. The summed E-state index contributed by atoms with van der Waals surface area (Å²) < 4.78 is 1.50. The zero-order valence-electron chi connectivity index (χ0n) is 18.9. The highest BCUT2D eigenvalue weighted by Crippen LogP contribution is 2.11. The van der Waals surface area contributed by atoms with Crippen molar-refractivity contribution in [2.24, 2.45) is 0 Å². The molecule has 34 heavy (non-hydrogen) atoms. The van der Waals surface area contributed by atoms with Gasteiger partial charge in [-0.15, -0.1) is 0 Å². The number of unbranched alkanes of at least 4 members (excludes halogenated alkanes) is 2. The van der Waals surface area contributed by atoms with E-state index in [9.17, 15) is 14.4 Å². The van der Waals surface area contributed by atoms with Gasteiger partial charge in [-0.25, -0.2) is 9.97 Å². The Balaban J connectivity index is 1.40. The van der Waals surface area contributed by atoms with Crippen LogP contribution < -0.4 is 21.5 Å². The molecule has 0 aliphatic heterocycles. The molecule has 0 aliphatic carbocycles. The van der Waals surface area contributed by atoms with Crippen molar-refractivity contribution in [3.05, 3.63) is 81.5 Å². The normalized spacial score (nSPS) is 10.5. The molecule has 3 aromatic rings. The quantitative estimate of drug-likeness (QED) is 0.361. The summed E-state index contributed by atoms with van der Waals surface area (Å²) in [5, 5.41) is 9.21. The first-order chi connectivity index (χ1) is 16.4. The van der Waals surface area contributed by atoms with Gasteiger partial charge in [0, 0.05) is 37.3 Å². The van der Waals surface area contributed by atoms with Crippen LogP contribution >= 0.6 is 11.6 Å². The SMILES string of the molecule is CC(=O)Nc1cc(NCCCCCNC(=O)c2cccn(Cc3cccc(Cl)c3)c2=O)ncn1. The molecule has 0 unspecified atom stereocenters. The van der Waals surface area contributed by atoms with Crippen LogP contribution in [0.1, 0.15) is 42.1 Å². The van der Waals surface area contributed by atoms with Crippen molar-refractivity contribution in [3.8, 4) is 0 Å². The van der Waals surface area contributed by atoms with E-state index in [0.717, 1.165) is 24.8 Å². The molecule has 3 rings (SSSR count). The van der Waals surface area contributed by atoms with E-state index in [1.165, 1.54) is 23.9 Å². The maximum atomic E-state index is 12.7. The minimum atomic E-state index is -0.380. The molecule has 178 valence electrons. The van der Waals surface area contributed by atoms with E-state index in [2.05, 4.69) is 25.9 Å². The minimum Gasteiger partial charge on any atom is -0.370 e. The van der Waals surface area contributed by atoms with Crippen LogP contribution in [0.3, 0.4) is 0 Å². The number of pyridine rings is 1. The molecular formula is C24H27ClN6O3. The van der Waals surface area contributed by atoms with Gasteiger partial charge in [0.2, 0.25) is 5.91 Å². The second kappa shape index (κ2) is 12.5. The number of halogens is 1. The lowest BCUT2D eigenvalue weighted by atomic mass is 10.2.